The molecule has 18 heavy (non-hydrogen) atoms. The van der Waals surface area contributed by atoms with Gasteiger partial charge < -0.3 is 10.6 Å². The molecule has 2 N–H and O–H groups in total. The van der Waals surface area contributed by atoms with Crippen LogP contribution in [0.15, 0.2) is 0 Å². The van der Waals surface area contributed by atoms with Crippen molar-refractivity contribution in [2.24, 2.45) is 5.73 Å². The van der Waals surface area contributed by atoms with Crippen molar-refractivity contribution < 1.29 is 21.9 Å². The predicted molar refractivity (Wildman–Crippen MR) is 68.6 cm³/mol. The minimum Gasteiger partial charge on any atom is -0.369 e. The number of hydrogen-bond acceptors (Lipinski definition) is 2. The van der Waals surface area contributed by atoms with Crippen LogP contribution in [0.1, 0.15) is 0 Å². The Bertz CT molecular complexity index is 222. The second-order valence-electron chi connectivity index (χ2n) is 4.03. The first-order chi connectivity index (χ1) is 8.11. The summed E-state index contributed by atoms with van der Waals surface area (Å²) in [6.07, 6.45) is 15.5. The standard InChI is InChI=1S/C9H13N2O.C5H5.Fe/c1-11(2)6-7-4-3-5-8(7)9(10)12;1-2-4-5-3-1;/h3-5H,6H2,1-2H3,(H2,10,12);1-5H;/q;;+2. The molecule has 0 heterocycles. The molecule has 2 rings (SSSR count). The molecule has 0 unspecified atom stereocenters. The molecule has 1 amide bonds. The Labute approximate surface area is 122 Å². The zero-order chi connectivity index (χ0) is 12.7. The molecule has 0 aromatic rings. The van der Waals surface area contributed by atoms with Crippen LogP contribution in [0.3, 0.4) is 0 Å². The summed E-state index contributed by atoms with van der Waals surface area (Å²) >= 11 is 0. The average molecular weight is 286 g/mol. The second kappa shape index (κ2) is 9.82. The van der Waals surface area contributed by atoms with Gasteiger partial charge in [0.25, 0.3) is 0 Å². The molecular weight excluding hydrogens is 268 g/mol. The number of amides is 1. The molecule has 2 fully saturated rings. The number of nitrogens with zero attached hydrogens (tertiary/aromatic N) is 1. The smallest absolute Gasteiger partial charge is 0.369 e. The molecule has 2 saturated carbocycles. The minimum absolute atomic E-state index is 0. The Kier molecular flexibility index (Phi) is 9.80. The van der Waals surface area contributed by atoms with Gasteiger partial charge in [0.2, 0.25) is 5.91 Å². The molecule has 0 saturated heterocycles. The number of primary amides is 1. The van der Waals surface area contributed by atoms with Gasteiger partial charge >= 0.3 is 17.1 Å². The van der Waals surface area contributed by atoms with E-state index in [-0.39, 0.29) is 23.0 Å². The molecule has 2 aliphatic carbocycles. The molecule has 0 bridgehead atoms. The van der Waals surface area contributed by atoms with Crippen LogP contribution in [-0.2, 0) is 21.9 Å². The first-order valence-electron chi connectivity index (χ1n) is 5.47. The normalized spacial score (nSPS) is 20.4. The maximum absolute atomic E-state index is 10.9. The van der Waals surface area contributed by atoms with Crippen molar-refractivity contribution in [3.63, 3.8) is 0 Å². The zero-order valence-corrected chi connectivity index (χ0v) is 11.7. The van der Waals surface area contributed by atoms with Crippen LogP contribution in [-0.4, -0.2) is 31.4 Å². The van der Waals surface area contributed by atoms with E-state index in [1.54, 1.807) is 6.42 Å². The number of nitrogens with two attached hydrogens (primary N) is 1. The van der Waals surface area contributed by atoms with Gasteiger partial charge in [-0.3, -0.25) is 4.79 Å². The summed E-state index contributed by atoms with van der Waals surface area (Å²) in [7, 11) is 3.91. The third kappa shape index (κ3) is 6.77. The molecule has 2 aliphatic rings. The minimum atomic E-state index is -0.350. The monoisotopic (exact) mass is 286 g/mol. The Morgan fingerprint density at radius 1 is 1.06 bits per heavy atom. The molecule has 0 spiro atoms. The van der Waals surface area contributed by atoms with Crippen molar-refractivity contribution in [1.29, 1.82) is 0 Å². The van der Waals surface area contributed by atoms with E-state index in [1.165, 1.54) is 0 Å². The molecule has 3 nitrogen and oxygen atoms in total. The molecule has 0 atom stereocenters. The van der Waals surface area contributed by atoms with E-state index in [1.807, 2.05) is 63.9 Å². The fourth-order valence-corrected chi connectivity index (χ4v) is 1.50. The Morgan fingerprint density at radius 2 is 1.56 bits per heavy atom. The second-order valence-corrected chi connectivity index (χ2v) is 4.03. The van der Waals surface area contributed by atoms with Crippen molar-refractivity contribution in [1.82, 2.24) is 4.90 Å². The van der Waals surface area contributed by atoms with Crippen molar-refractivity contribution >= 4 is 5.91 Å². The maximum Gasteiger partial charge on any atom is 2.00 e. The van der Waals surface area contributed by atoms with Crippen molar-refractivity contribution in [2.45, 2.75) is 0 Å². The van der Waals surface area contributed by atoms with E-state index in [4.69, 9.17) is 5.73 Å². The molecule has 96 valence electrons. The van der Waals surface area contributed by atoms with E-state index in [2.05, 4.69) is 0 Å². The van der Waals surface area contributed by atoms with Crippen LogP contribution < -0.4 is 5.73 Å². The van der Waals surface area contributed by atoms with Gasteiger partial charge in [0, 0.05) is 12.5 Å². The number of carbonyl (C=O) groups excluding carboxylic acids is 1. The first-order valence-corrected chi connectivity index (χ1v) is 5.47. The van der Waals surface area contributed by atoms with Crippen molar-refractivity contribution in [2.75, 3.05) is 20.6 Å². The van der Waals surface area contributed by atoms with E-state index in [0.717, 1.165) is 12.5 Å². The Morgan fingerprint density at radius 3 is 1.94 bits per heavy atom. The SMILES string of the molecule is CN(C)C[C]1[CH][CH][CH][C]1C(N)=O.[CH]1[CH][CH][CH][CH]1.[Fe+2]. The van der Waals surface area contributed by atoms with E-state index in [9.17, 15) is 4.79 Å². The zero-order valence-electron chi connectivity index (χ0n) is 10.6. The third-order valence-electron chi connectivity index (χ3n) is 2.21. The number of hydrogen-bond donors (Lipinski definition) is 1. The molecular formula is C14H18FeN2O+2. The predicted octanol–water partition coefficient (Wildman–Crippen LogP) is 0.828. The fraction of sp³-hybridized carbons (Fsp3) is 0.214. The third-order valence-corrected chi connectivity index (χ3v) is 2.21. The van der Waals surface area contributed by atoms with Gasteiger partial charge in [-0.25, -0.2) is 0 Å². The van der Waals surface area contributed by atoms with Gasteiger partial charge in [0.15, 0.2) is 0 Å². The number of rotatable bonds is 3. The van der Waals surface area contributed by atoms with Gasteiger partial charge in [-0.2, -0.15) is 0 Å². The fourth-order valence-electron chi connectivity index (χ4n) is 1.50. The van der Waals surface area contributed by atoms with Crippen LogP contribution in [0, 0.1) is 63.2 Å². The summed E-state index contributed by atoms with van der Waals surface area (Å²) in [5.74, 6) is 1.27. The number of carbonyl (C=O) groups is 1. The first kappa shape index (κ1) is 17.9. The maximum atomic E-state index is 10.9. The molecule has 0 aromatic heterocycles. The quantitative estimate of drug-likeness (QED) is 0.781. The summed E-state index contributed by atoms with van der Waals surface area (Å²) in [5, 5.41) is 0. The van der Waals surface area contributed by atoms with E-state index in [0.29, 0.717) is 5.92 Å². The summed E-state index contributed by atoms with van der Waals surface area (Å²) in [5.41, 5.74) is 5.18. The Balaban J connectivity index is 0.000000405. The van der Waals surface area contributed by atoms with E-state index < -0.39 is 0 Å². The summed E-state index contributed by atoms with van der Waals surface area (Å²) < 4.78 is 0. The van der Waals surface area contributed by atoms with Crippen LogP contribution in [0.5, 0.6) is 0 Å². The topological polar surface area (TPSA) is 46.3 Å². The summed E-state index contributed by atoms with van der Waals surface area (Å²) in [4.78, 5) is 12.9. The Hall–Kier alpha value is -0.0505. The molecule has 10 radical (unpaired) electrons. The largest absolute Gasteiger partial charge is 2.00 e. The summed E-state index contributed by atoms with van der Waals surface area (Å²) in [6, 6.07) is 0. The van der Waals surface area contributed by atoms with Crippen LogP contribution in [0.25, 0.3) is 0 Å². The van der Waals surface area contributed by atoms with Crippen LogP contribution in [0.4, 0.5) is 0 Å². The van der Waals surface area contributed by atoms with E-state index >= 15 is 0 Å². The van der Waals surface area contributed by atoms with Gasteiger partial charge in [-0.05, 0) is 65.5 Å². The van der Waals surface area contributed by atoms with Gasteiger partial charge in [-0.1, -0.05) is 0 Å². The van der Waals surface area contributed by atoms with Gasteiger partial charge in [0.1, 0.15) is 0 Å². The molecule has 0 aromatic carbocycles. The average Bonchev–Trinajstić information content (AvgIpc) is 2.88. The van der Waals surface area contributed by atoms with Crippen molar-refractivity contribution in [3.05, 3.63) is 63.2 Å². The van der Waals surface area contributed by atoms with Crippen LogP contribution in [0.2, 0.25) is 0 Å². The van der Waals surface area contributed by atoms with Crippen LogP contribution >= 0.6 is 0 Å². The van der Waals surface area contributed by atoms with Gasteiger partial charge in [0.05, 0.1) is 5.92 Å². The molecule has 0 aliphatic heterocycles. The summed E-state index contributed by atoms with van der Waals surface area (Å²) in [6.45, 7) is 0.755. The van der Waals surface area contributed by atoms with Crippen molar-refractivity contribution in [3.8, 4) is 0 Å². The van der Waals surface area contributed by atoms with Gasteiger partial charge in [-0.15, -0.1) is 0 Å². The molecule has 4 heteroatoms.